The number of carboxylic acids is 1. The molecule has 180 valence electrons. The minimum absolute atomic E-state index is 0.394. The number of aryl methyl sites for hydroxylation is 1. The molecule has 34 heavy (non-hydrogen) atoms. The van der Waals surface area contributed by atoms with Crippen LogP contribution in [0.25, 0.3) is 21.0 Å². The van der Waals surface area contributed by atoms with Gasteiger partial charge in [0.25, 0.3) is 10.0 Å². The van der Waals surface area contributed by atoms with E-state index in [0.717, 1.165) is 39.4 Å². The molecule has 1 N–H and O–H groups in total. The molecule has 0 saturated carbocycles. The summed E-state index contributed by atoms with van der Waals surface area (Å²) in [6, 6.07) is 17.5. The smallest absolute Gasteiger partial charge is 0.329 e. The maximum Gasteiger partial charge on any atom is 0.329 e. The molecule has 0 spiro atoms. The number of rotatable bonds is 10. The summed E-state index contributed by atoms with van der Waals surface area (Å²) in [6.45, 7) is 6.30. The lowest BCUT2D eigenvalue weighted by atomic mass is 10.0. The average molecular weight is 499 g/mol. The first-order valence-corrected chi connectivity index (χ1v) is 13.7. The molecule has 0 saturated heterocycles. The van der Waals surface area contributed by atoms with E-state index in [0.29, 0.717) is 23.7 Å². The number of aromatic nitrogens is 1. The molecule has 0 amide bonds. The van der Waals surface area contributed by atoms with Crippen molar-refractivity contribution >= 4 is 48.3 Å². The quantitative estimate of drug-likeness (QED) is 0.304. The van der Waals surface area contributed by atoms with Gasteiger partial charge < -0.3 is 9.67 Å². The molecule has 4 aromatic rings. The number of nitrogens with zero attached hydrogens (tertiary/aromatic N) is 2. The third kappa shape index (κ3) is 4.62. The van der Waals surface area contributed by atoms with Crippen LogP contribution in [0.15, 0.2) is 65.0 Å². The van der Waals surface area contributed by atoms with E-state index < -0.39 is 21.5 Å². The molecule has 0 aliphatic heterocycles. The Hall–Kier alpha value is -2.68. The number of thiophene rings is 1. The highest BCUT2D eigenvalue weighted by Crippen LogP contribution is 2.31. The summed E-state index contributed by atoms with van der Waals surface area (Å²) < 4.78 is 31.4. The molecule has 2 aromatic heterocycles. The topological polar surface area (TPSA) is 79.6 Å². The van der Waals surface area contributed by atoms with Crippen molar-refractivity contribution in [3.63, 3.8) is 0 Å². The van der Waals surface area contributed by atoms with Gasteiger partial charge in [-0.05, 0) is 79.8 Å². The van der Waals surface area contributed by atoms with Crippen LogP contribution in [-0.2, 0) is 26.8 Å². The summed E-state index contributed by atoms with van der Waals surface area (Å²) >= 11 is 1.32. The van der Waals surface area contributed by atoms with Gasteiger partial charge in [0, 0.05) is 29.5 Å². The van der Waals surface area contributed by atoms with Crippen LogP contribution in [0.1, 0.15) is 39.2 Å². The number of fused-ring (bicyclic) bond motifs is 2. The standard InChI is InChI=1S/C26H30N2O4S2/c1-4-14-27(34(31,32)24-18-21-9-5-6-10-23(21)33-24)15-7-8-19-11-12-22-20(17-19)13-16-28(22)26(2,3)25(29)30/h5-6,9-13,16-18H,4,7-8,14-15H2,1-3H3,(H,29,30). The normalized spacial score (nSPS) is 12.7. The molecule has 6 nitrogen and oxygen atoms in total. The van der Waals surface area contributed by atoms with Gasteiger partial charge in [-0.2, -0.15) is 4.31 Å². The molecule has 0 atom stereocenters. The van der Waals surface area contributed by atoms with E-state index in [1.807, 2.05) is 55.6 Å². The lowest BCUT2D eigenvalue weighted by Gasteiger charge is -2.23. The van der Waals surface area contributed by atoms with Gasteiger partial charge >= 0.3 is 5.97 Å². The fraction of sp³-hybridized carbons (Fsp3) is 0.346. The highest BCUT2D eigenvalue weighted by molar-refractivity contribution is 7.91. The Morgan fingerprint density at radius 3 is 2.53 bits per heavy atom. The Kier molecular flexibility index (Phi) is 6.85. The molecule has 0 aliphatic rings. The van der Waals surface area contributed by atoms with Gasteiger partial charge in [-0.1, -0.05) is 31.2 Å². The van der Waals surface area contributed by atoms with Crippen LogP contribution in [0.4, 0.5) is 0 Å². The van der Waals surface area contributed by atoms with Crippen LogP contribution in [0.5, 0.6) is 0 Å². The average Bonchev–Trinajstić information content (AvgIpc) is 3.43. The molecule has 0 aliphatic carbocycles. The zero-order chi connectivity index (χ0) is 24.5. The van der Waals surface area contributed by atoms with Crippen LogP contribution in [0, 0.1) is 0 Å². The van der Waals surface area contributed by atoms with E-state index in [-0.39, 0.29) is 0 Å². The van der Waals surface area contributed by atoms with Crippen LogP contribution in [0.3, 0.4) is 0 Å². The van der Waals surface area contributed by atoms with Crippen LogP contribution in [-0.4, -0.2) is 41.5 Å². The molecule has 2 heterocycles. The summed E-state index contributed by atoms with van der Waals surface area (Å²) in [5.41, 5.74) is 0.940. The first-order chi connectivity index (χ1) is 16.1. The number of sulfonamides is 1. The second-order valence-corrected chi connectivity index (χ2v) is 12.3. The van der Waals surface area contributed by atoms with Crippen LogP contribution >= 0.6 is 11.3 Å². The maximum absolute atomic E-state index is 13.3. The molecule has 0 unspecified atom stereocenters. The van der Waals surface area contributed by atoms with Crippen molar-refractivity contribution in [1.29, 1.82) is 0 Å². The summed E-state index contributed by atoms with van der Waals surface area (Å²) in [5, 5.41) is 11.5. The van der Waals surface area contributed by atoms with Gasteiger partial charge in [0.15, 0.2) is 0 Å². The second kappa shape index (κ2) is 9.52. The molecule has 0 radical (unpaired) electrons. The summed E-state index contributed by atoms with van der Waals surface area (Å²) in [6.07, 6.45) is 4.01. The predicted molar refractivity (Wildman–Crippen MR) is 138 cm³/mol. The second-order valence-electron chi connectivity index (χ2n) is 9.05. The molecular formula is C26H30N2O4S2. The first-order valence-electron chi connectivity index (χ1n) is 11.5. The van der Waals surface area contributed by atoms with Crippen molar-refractivity contribution in [2.24, 2.45) is 0 Å². The van der Waals surface area contributed by atoms with Crippen molar-refractivity contribution in [1.82, 2.24) is 8.87 Å². The van der Waals surface area contributed by atoms with Crippen molar-refractivity contribution in [3.8, 4) is 0 Å². The van der Waals surface area contributed by atoms with E-state index in [9.17, 15) is 18.3 Å². The Labute approximate surface area is 204 Å². The minimum atomic E-state index is -3.54. The fourth-order valence-corrected chi connectivity index (χ4v) is 7.33. The first kappa shape index (κ1) is 24.4. The third-order valence-corrected chi connectivity index (χ3v) is 9.69. The van der Waals surface area contributed by atoms with Gasteiger partial charge in [0.2, 0.25) is 0 Å². The van der Waals surface area contributed by atoms with Crippen LogP contribution < -0.4 is 0 Å². The molecule has 0 fully saturated rings. The van der Waals surface area contributed by atoms with E-state index in [1.165, 1.54) is 11.3 Å². The molecule has 4 rings (SSSR count). The van der Waals surface area contributed by atoms with Crippen molar-refractivity contribution in [3.05, 3.63) is 66.4 Å². The van der Waals surface area contributed by atoms with Crippen molar-refractivity contribution in [2.45, 2.75) is 49.8 Å². The number of benzene rings is 2. The fourth-order valence-electron chi connectivity index (χ4n) is 4.21. The molecule has 0 bridgehead atoms. The molecular weight excluding hydrogens is 468 g/mol. The third-order valence-electron chi connectivity index (χ3n) is 6.22. The Morgan fingerprint density at radius 1 is 1.06 bits per heavy atom. The monoisotopic (exact) mass is 498 g/mol. The van der Waals surface area contributed by atoms with E-state index in [4.69, 9.17) is 0 Å². The lowest BCUT2D eigenvalue weighted by Crippen LogP contribution is -2.34. The van der Waals surface area contributed by atoms with Gasteiger partial charge in [-0.25, -0.2) is 13.2 Å². The molecule has 2 aromatic carbocycles. The summed E-state index contributed by atoms with van der Waals surface area (Å²) in [5.74, 6) is -0.884. The van der Waals surface area contributed by atoms with E-state index >= 15 is 0 Å². The number of hydrogen-bond acceptors (Lipinski definition) is 4. The SMILES string of the molecule is CCCN(CCCc1ccc2c(ccn2C(C)(C)C(=O)O)c1)S(=O)(=O)c1cc2ccccc2s1. The van der Waals surface area contributed by atoms with E-state index in [2.05, 4.69) is 6.07 Å². The van der Waals surface area contributed by atoms with E-state index in [1.54, 1.807) is 28.8 Å². The number of hydrogen-bond donors (Lipinski definition) is 1. The lowest BCUT2D eigenvalue weighted by molar-refractivity contribution is -0.145. The van der Waals surface area contributed by atoms with Gasteiger partial charge in [0.05, 0.1) is 0 Å². The van der Waals surface area contributed by atoms with Gasteiger partial charge in [0.1, 0.15) is 9.75 Å². The zero-order valence-electron chi connectivity index (χ0n) is 19.7. The van der Waals surface area contributed by atoms with Crippen molar-refractivity contribution in [2.75, 3.05) is 13.1 Å². The minimum Gasteiger partial charge on any atom is -0.480 e. The maximum atomic E-state index is 13.3. The van der Waals surface area contributed by atoms with Crippen LogP contribution in [0.2, 0.25) is 0 Å². The number of aliphatic carboxylic acids is 1. The number of carbonyl (C=O) groups is 1. The zero-order valence-corrected chi connectivity index (χ0v) is 21.3. The highest BCUT2D eigenvalue weighted by atomic mass is 32.2. The Bertz CT molecular complexity index is 1400. The Morgan fingerprint density at radius 2 is 1.82 bits per heavy atom. The predicted octanol–water partition coefficient (Wildman–Crippen LogP) is 5.71. The van der Waals surface area contributed by atoms with Gasteiger partial charge in [-0.15, -0.1) is 11.3 Å². The van der Waals surface area contributed by atoms with Gasteiger partial charge in [-0.3, -0.25) is 0 Å². The largest absolute Gasteiger partial charge is 0.480 e. The number of carboxylic acid groups (broad SMARTS) is 1. The molecule has 8 heteroatoms. The summed E-state index contributed by atoms with van der Waals surface area (Å²) in [4.78, 5) is 11.6. The Balaban J connectivity index is 1.48. The summed E-state index contributed by atoms with van der Waals surface area (Å²) in [7, 11) is -3.54. The van der Waals surface area contributed by atoms with Crippen molar-refractivity contribution < 1.29 is 18.3 Å². The highest BCUT2D eigenvalue weighted by Gasteiger charge is 2.30.